The van der Waals surface area contributed by atoms with Gasteiger partial charge in [-0.2, -0.15) is 11.8 Å². The van der Waals surface area contributed by atoms with Crippen LogP contribution in [0.15, 0.2) is 36.4 Å². The quantitative estimate of drug-likeness (QED) is 0.806. The number of ether oxygens (including phenoxy) is 1. The van der Waals surface area contributed by atoms with Crippen LogP contribution in [0.3, 0.4) is 0 Å². The van der Waals surface area contributed by atoms with Gasteiger partial charge in [0.05, 0.1) is 6.61 Å². The van der Waals surface area contributed by atoms with E-state index in [9.17, 15) is 0 Å². The fourth-order valence-electron chi connectivity index (χ4n) is 2.05. The van der Waals surface area contributed by atoms with Gasteiger partial charge in [0.1, 0.15) is 5.75 Å². The Morgan fingerprint density at radius 3 is 2.78 bits per heavy atom. The van der Waals surface area contributed by atoms with Gasteiger partial charge in [-0.15, -0.1) is 0 Å². The molecule has 96 valence electrons. The molecule has 18 heavy (non-hydrogen) atoms. The molecular formula is C15H19NOS. The Hall–Kier alpha value is -1.19. The predicted molar refractivity (Wildman–Crippen MR) is 80.6 cm³/mol. The minimum Gasteiger partial charge on any atom is -0.492 e. The molecule has 0 heterocycles. The molecule has 1 N–H and O–H groups in total. The van der Waals surface area contributed by atoms with Crippen molar-refractivity contribution in [3.63, 3.8) is 0 Å². The Bertz CT molecular complexity index is 513. The van der Waals surface area contributed by atoms with Gasteiger partial charge < -0.3 is 10.1 Å². The zero-order valence-corrected chi connectivity index (χ0v) is 11.7. The fourth-order valence-corrected chi connectivity index (χ4v) is 2.30. The predicted octanol–water partition coefficient (Wildman–Crippen LogP) is 3.30. The van der Waals surface area contributed by atoms with Crippen LogP contribution in [0.4, 0.5) is 0 Å². The van der Waals surface area contributed by atoms with Gasteiger partial charge >= 0.3 is 0 Å². The van der Waals surface area contributed by atoms with E-state index in [0.717, 1.165) is 24.7 Å². The topological polar surface area (TPSA) is 21.3 Å². The molecule has 0 aliphatic carbocycles. The molecule has 0 aliphatic heterocycles. The molecule has 0 radical (unpaired) electrons. The molecule has 0 fully saturated rings. The summed E-state index contributed by atoms with van der Waals surface area (Å²) in [6.07, 6.45) is 2.10. The maximum atomic E-state index is 5.88. The second-order valence-corrected chi connectivity index (χ2v) is 5.12. The molecule has 0 bridgehead atoms. The molecular weight excluding hydrogens is 242 g/mol. The van der Waals surface area contributed by atoms with Crippen molar-refractivity contribution in [2.75, 3.05) is 25.7 Å². The third-order valence-electron chi connectivity index (χ3n) is 2.90. The van der Waals surface area contributed by atoms with Gasteiger partial charge in [-0.05, 0) is 30.1 Å². The van der Waals surface area contributed by atoms with Gasteiger partial charge in [0.2, 0.25) is 0 Å². The van der Waals surface area contributed by atoms with Gasteiger partial charge in [-0.3, -0.25) is 0 Å². The second-order valence-electron chi connectivity index (χ2n) is 4.13. The Labute approximate surface area is 113 Å². The minimum atomic E-state index is 0.760. The normalized spacial score (nSPS) is 10.8. The van der Waals surface area contributed by atoms with Crippen molar-refractivity contribution in [2.24, 2.45) is 0 Å². The van der Waals surface area contributed by atoms with Crippen molar-refractivity contribution in [3.8, 4) is 5.75 Å². The van der Waals surface area contributed by atoms with E-state index in [1.54, 1.807) is 11.8 Å². The van der Waals surface area contributed by atoms with E-state index in [0.29, 0.717) is 0 Å². The first-order valence-corrected chi connectivity index (χ1v) is 7.53. The lowest BCUT2D eigenvalue weighted by Crippen LogP contribution is -2.09. The zero-order chi connectivity index (χ0) is 12.8. The molecule has 0 atom stereocenters. The lowest BCUT2D eigenvalue weighted by molar-refractivity contribution is 0.340. The highest BCUT2D eigenvalue weighted by atomic mass is 32.2. The lowest BCUT2D eigenvalue weighted by atomic mass is 10.0. The van der Waals surface area contributed by atoms with E-state index in [4.69, 9.17) is 4.74 Å². The number of fused-ring (bicyclic) bond motifs is 1. The summed E-state index contributed by atoms with van der Waals surface area (Å²) in [5, 5.41) is 5.76. The Morgan fingerprint density at radius 2 is 2.00 bits per heavy atom. The Morgan fingerprint density at radius 1 is 1.17 bits per heavy atom. The average molecular weight is 261 g/mol. The van der Waals surface area contributed by atoms with Crippen molar-refractivity contribution in [1.82, 2.24) is 5.32 Å². The van der Waals surface area contributed by atoms with E-state index < -0.39 is 0 Å². The van der Waals surface area contributed by atoms with Crippen molar-refractivity contribution < 1.29 is 4.74 Å². The van der Waals surface area contributed by atoms with Crippen molar-refractivity contribution in [2.45, 2.75) is 6.54 Å². The molecule has 0 aliphatic rings. The largest absolute Gasteiger partial charge is 0.492 e. The molecule has 2 nitrogen and oxygen atoms in total. The minimum absolute atomic E-state index is 0.760. The van der Waals surface area contributed by atoms with Crippen LogP contribution >= 0.6 is 11.8 Å². The van der Waals surface area contributed by atoms with E-state index >= 15 is 0 Å². The summed E-state index contributed by atoms with van der Waals surface area (Å²) in [4.78, 5) is 0. The molecule has 0 amide bonds. The summed E-state index contributed by atoms with van der Waals surface area (Å²) in [5.74, 6) is 2.02. The van der Waals surface area contributed by atoms with Gasteiger partial charge in [-0.25, -0.2) is 0 Å². The van der Waals surface area contributed by atoms with Crippen LogP contribution in [-0.4, -0.2) is 25.7 Å². The van der Waals surface area contributed by atoms with Gasteiger partial charge in [0.25, 0.3) is 0 Å². The SMILES string of the molecule is CNCc1c(OCCSC)ccc2ccccc12. The number of benzene rings is 2. The summed E-state index contributed by atoms with van der Waals surface area (Å²) in [6, 6.07) is 12.6. The van der Waals surface area contributed by atoms with E-state index in [2.05, 4.69) is 48.0 Å². The van der Waals surface area contributed by atoms with Crippen LogP contribution < -0.4 is 10.1 Å². The Balaban J connectivity index is 2.35. The fraction of sp³-hybridized carbons (Fsp3) is 0.333. The Kier molecular flexibility index (Phi) is 4.90. The lowest BCUT2D eigenvalue weighted by Gasteiger charge is -2.13. The summed E-state index contributed by atoms with van der Waals surface area (Å²) in [7, 11) is 1.97. The van der Waals surface area contributed by atoms with Crippen molar-refractivity contribution >= 4 is 22.5 Å². The smallest absolute Gasteiger partial charge is 0.124 e. The van der Waals surface area contributed by atoms with E-state index in [1.807, 2.05) is 7.05 Å². The number of hydrogen-bond donors (Lipinski definition) is 1. The molecule has 0 unspecified atom stereocenters. The van der Waals surface area contributed by atoms with Gasteiger partial charge in [0, 0.05) is 17.9 Å². The zero-order valence-electron chi connectivity index (χ0n) is 10.9. The van der Waals surface area contributed by atoms with Crippen LogP contribution in [0.1, 0.15) is 5.56 Å². The van der Waals surface area contributed by atoms with Crippen LogP contribution in [-0.2, 0) is 6.54 Å². The van der Waals surface area contributed by atoms with Crippen molar-refractivity contribution in [3.05, 3.63) is 42.0 Å². The van der Waals surface area contributed by atoms with E-state index in [1.165, 1.54) is 16.3 Å². The van der Waals surface area contributed by atoms with Crippen LogP contribution in [0.25, 0.3) is 10.8 Å². The number of thioether (sulfide) groups is 1. The van der Waals surface area contributed by atoms with Gasteiger partial charge in [0.15, 0.2) is 0 Å². The van der Waals surface area contributed by atoms with Crippen LogP contribution in [0, 0.1) is 0 Å². The highest BCUT2D eigenvalue weighted by Crippen LogP contribution is 2.28. The molecule has 0 saturated carbocycles. The molecule has 3 heteroatoms. The highest BCUT2D eigenvalue weighted by molar-refractivity contribution is 7.98. The average Bonchev–Trinajstić information content (AvgIpc) is 2.41. The molecule has 0 spiro atoms. The third kappa shape index (κ3) is 2.98. The summed E-state index contributed by atoms with van der Waals surface area (Å²) < 4.78 is 5.88. The molecule has 2 aromatic rings. The van der Waals surface area contributed by atoms with Crippen LogP contribution in [0.2, 0.25) is 0 Å². The highest BCUT2D eigenvalue weighted by Gasteiger charge is 2.07. The molecule has 2 aromatic carbocycles. The number of rotatable bonds is 6. The second kappa shape index (κ2) is 6.66. The third-order valence-corrected chi connectivity index (χ3v) is 3.47. The first-order chi connectivity index (χ1) is 8.86. The van der Waals surface area contributed by atoms with Crippen molar-refractivity contribution in [1.29, 1.82) is 0 Å². The van der Waals surface area contributed by atoms with E-state index in [-0.39, 0.29) is 0 Å². The summed E-state index contributed by atoms with van der Waals surface area (Å²) >= 11 is 1.80. The number of nitrogens with one attached hydrogen (secondary N) is 1. The molecule has 0 saturated heterocycles. The van der Waals surface area contributed by atoms with Crippen LogP contribution in [0.5, 0.6) is 5.75 Å². The first-order valence-electron chi connectivity index (χ1n) is 6.13. The first kappa shape index (κ1) is 13.2. The summed E-state index contributed by atoms with van der Waals surface area (Å²) in [5.41, 5.74) is 1.25. The van der Waals surface area contributed by atoms with Gasteiger partial charge in [-0.1, -0.05) is 30.3 Å². The molecule has 2 rings (SSSR count). The monoisotopic (exact) mass is 261 g/mol. The maximum Gasteiger partial charge on any atom is 0.124 e. The summed E-state index contributed by atoms with van der Waals surface area (Å²) in [6.45, 7) is 1.59. The maximum absolute atomic E-state index is 5.88. The number of hydrogen-bond acceptors (Lipinski definition) is 3. The molecule has 0 aromatic heterocycles. The standard InChI is InChI=1S/C15H19NOS/c1-16-11-14-13-6-4-3-5-12(13)7-8-15(14)17-9-10-18-2/h3-8,16H,9-11H2,1-2H3.